The monoisotopic (exact) mass is 342 g/mol. The Balaban J connectivity index is 1.99. The molecule has 130 valence electrons. The molecule has 3 rings (SSSR count). The van der Waals surface area contributed by atoms with Gasteiger partial charge >= 0.3 is 0 Å². The van der Waals surface area contributed by atoms with Gasteiger partial charge in [0, 0.05) is 25.0 Å². The quantitative estimate of drug-likeness (QED) is 0.566. The van der Waals surface area contributed by atoms with Crippen molar-refractivity contribution in [2.24, 2.45) is 9.98 Å². The van der Waals surface area contributed by atoms with Gasteiger partial charge in [-0.3, -0.25) is 9.98 Å². The molecule has 0 aliphatic carbocycles. The second-order valence-electron chi connectivity index (χ2n) is 6.03. The van der Waals surface area contributed by atoms with Gasteiger partial charge in [-0.05, 0) is 47.4 Å². The van der Waals surface area contributed by atoms with Gasteiger partial charge in [-0.1, -0.05) is 48.5 Å². The number of hydrogen-bond acceptors (Lipinski definition) is 3. The Morgan fingerprint density at radius 3 is 2.54 bits per heavy atom. The zero-order valence-electron chi connectivity index (χ0n) is 15.3. The molecular formula is C23H22N2O. The zero-order valence-corrected chi connectivity index (χ0v) is 15.3. The van der Waals surface area contributed by atoms with Crippen LogP contribution in [0.4, 0.5) is 5.69 Å². The number of ether oxygens (including phenoxy) is 1. The molecule has 0 heterocycles. The molecule has 0 aliphatic heterocycles. The Bertz CT molecular complexity index is 958. The number of rotatable bonds is 5. The van der Waals surface area contributed by atoms with Gasteiger partial charge < -0.3 is 4.74 Å². The summed E-state index contributed by atoms with van der Waals surface area (Å²) in [6.45, 7) is 2.04. The van der Waals surface area contributed by atoms with E-state index in [2.05, 4.69) is 34.3 Å². The minimum absolute atomic E-state index is 0.778. The first-order chi connectivity index (χ1) is 12.7. The second kappa shape index (κ2) is 8.26. The summed E-state index contributed by atoms with van der Waals surface area (Å²) in [5.74, 6) is 0.778. The summed E-state index contributed by atoms with van der Waals surface area (Å²) in [6, 6.07) is 22.6. The van der Waals surface area contributed by atoms with Crippen LogP contribution in [0.1, 0.15) is 16.7 Å². The fraction of sp³-hybridized carbons (Fsp3) is 0.130. The first-order valence-electron chi connectivity index (χ1n) is 8.51. The van der Waals surface area contributed by atoms with Gasteiger partial charge in [-0.15, -0.1) is 0 Å². The molecule has 26 heavy (non-hydrogen) atoms. The molecule has 0 bridgehead atoms. The first-order valence-corrected chi connectivity index (χ1v) is 8.51. The zero-order chi connectivity index (χ0) is 18.4. The Morgan fingerprint density at radius 1 is 0.885 bits per heavy atom. The van der Waals surface area contributed by atoms with Crippen molar-refractivity contribution in [3.8, 4) is 16.9 Å². The van der Waals surface area contributed by atoms with Crippen molar-refractivity contribution in [3.63, 3.8) is 0 Å². The maximum Gasteiger partial charge on any atom is 0.144 e. The Labute approximate surface area is 154 Å². The predicted molar refractivity (Wildman–Crippen MR) is 110 cm³/mol. The van der Waals surface area contributed by atoms with Crippen LogP contribution in [-0.2, 0) is 0 Å². The highest BCUT2D eigenvalue weighted by atomic mass is 16.5. The third-order valence-electron chi connectivity index (χ3n) is 4.11. The lowest BCUT2D eigenvalue weighted by atomic mass is 9.99. The van der Waals surface area contributed by atoms with E-state index in [4.69, 9.17) is 4.74 Å². The molecule has 0 spiro atoms. The predicted octanol–water partition coefficient (Wildman–Crippen LogP) is 5.47. The molecule has 0 N–H and O–H groups in total. The molecule has 3 aromatic rings. The standard InChI is InChI=1S/C23H22N2O/c1-17-11-12-22(23(13-17)26-3)25-16-20-8-4-5-10-21(20)19-9-6-7-18(14-19)15-24-2/h4-16H,1-3H3. The smallest absolute Gasteiger partial charge is 0.144 e. The summed E-state index contributed by atoms with van der Waals surface area (Å²) in [6.07, 6.45) is 3.75. The number of benzene rings is 3. The average Bonchev–Trinajstić information content (AvgIpc) is 2.67. The normalized spacial score (nSPS) is 11.3. The van der Waals surface area contributed by atoms with Crippen LogP contribution in [0, 0.1) is 6.92 Å². The van der Waals surface area contributed by atoms with Crippen LogP contribution in [0.15, 0.2) is 76.7 Å². The molecule has 0 amide bonds. The number of aliphatic imine (C=N–C) groups is 2. The molecule has 0 aromatic heterocycles. The second-order valence-corrected chi connectivity index (χ2v) is 6.03. The maximum absolute atomic E-state index is 5.44. The summed E-state index contributed by atoms with van der Waals surface area (Å²) in [5.41, 5.74) is 6.38. The Kier molecular flexibility index (Phi) is 5.59. The summed E-state index contributed by atoms with van der Waals surface area (Å²) in [4.78, 5) is 8.76. The van der Waals surface area contributed by atoms with Crippen molar-refractivity contribution in [2.75, 3.05) is 14.2 Å². The Morgan fingerprint density at radius 2 is 1.73 bits per heavy atom. The number of aryl methyl sites for hydroxylation is 1. The van der Waals surface area contributed by atoms with Crippen LogP contribution in [0.5, 0.6) is 5.75 Å². The minimum atomic E-state index is 0.778. The molecule has 0 fully saturated rings. The summed E-state index contributed by atoms with van der Waals surface area (Å²) < 4.78 is 5.44. The van der Waals surface area contributed by atoms with E-state index in [1.165, 1.54) is 0 Å². The fourth-order valence-corrected chi connectivity index (χ4v) is 2.84. The molecule has 0 unspecified atom stereocenters. The van der Waals surface area contributed by atoms with Crippen LogP contribution >= 0.6 is 0 Å². The molecule has 3 aromatic carbocycles. The highest BCUT2D eigenvalue weighted by Gasteiger charge is 2.05. The molecule has 3 heteroatoms. The highest BCUT2D eigenvalue weighted by molar-refractivity contribution is 5.93. The van der Waals surface area contributed by atoms with Crippen molar-refractivity contribution in [2.45, 2.75) is 6.92 Å². The van der Waals surface area contributed by atoms with Crippen LogP contribution in [0.3, 0.4) is 0 Å². The molecule has 0 saturated heterocycles. The highest BCUT2D eigenvalue weighted by Crippen LogP contribution is 2.29. The lowest BCUT2D eigenvalue weighted by Gasteiger charge is -2.08. The lowest BCUT2D eigenvalue weighted by molar-refractivity contribution is 0.416. The van der Waals surface area contributed by atoms with E-state index in [0.29, 0.717) is 0 Å². The molecule has 0 aliphatic rings. The molecule has 0 saturated carbocycles. The molecule has 3 nitrogen and oxygen atoms in total. The average molecular weight is 342 g/mol. The molecule has 0 atom stereocenters. The third-order valence-corrected chi connectivity index (χ3v) is 4.11. The van der Waals surface area contributed by atoms with E-state index in [1.807, 2.05) is 61.8 Å². The Hall–Kier alpha value is -3.20. The van der Waals surface area contributed by atoms with Crippen LogP contribution < -0.4 is 4.74 Å². The van der Waals surface area contributed by atoms with E-state index < -0.39 is 0 Å². The van der Waals surface area contributed by atoms with Crippen LogP contribution in [0.2, 0.25) is 0 Å². The molecular weight excluding hydrogens is 320 g/mol. The van der Waals surface area contributed by atoms with Gasteiger partial charge in [0.05, 0.1) is 7.11 Å². The van der Waals surface area contributed by atoms with Crippen LogP contribution in [0.25, 0.3) is 11.1 Å². The van der Waals surface area contributed by atoms with E-state index in [-0.39, 0.29) is 0 Å². The maximum atomic E-state index is 5.44. The fourth-order valence-electron chi connectivity index (χ4n) is 2.84. The summed E-state index contributed by atoms with van der Waals surface area (Å²) >= 11 is 0. The van der Waals surface area contributed by atoms with Gasteiger partial charge in [0.15, 0.2) is 0 Å². The van der Waals surface area contributed by atoms with Crippen molar-refractivity contribution in [3.05, 3.63) is 83.4 Å². The number of methoxy groups -OCH3 is 1. The van der Waals surface area contributed by atoms with Gasteiger partial charge in [-0.2, -0.15) is 0 Å². The van der Waals surface area contributed by atoms with Crippen molar-refractivity contribution in [1.29, 1.82) is 0 Å². The molecule has 0 radical (unpaired) electrons. The number of nitrogens with zero attached hydrogens (tertiary/aromatic N) is 2. The van der Waals surface area contributed by atoms with E-state index >= 15 is 0 Å². The summed E-state index contributed by atoms with van der Waals surface area (Å²) in [7, 11) is 3.45. The lowest BCUT2D eigenvalue weighted by Crippen LogP contribution is -1.90. The largest absolute Gasteiger partial charge is 0.494 e. The first kappa shape index (κ1) is 17.6. The van der Waals surface area contributed by atoms with Gasteiger partial charge in [0.1, 0.15) is 11.4 Å². The van der Waals surface area contributed by atoms with E-state index in [1.54, 1.807) is 14.2 Å². The van der Waals surface area contributed by atoms with Crippen molar-refractivity contribution in [1.82, 2.24) is 0 Å². The van der Waals surface area contributed by atoms with E-state index in [0.717, 1.165) is 39.3 Å². The third kappa shape index (κ3) is 4.06. The van der Waals surface area contributed by atoms with Crippen LogP contribution in [-0.4, -0.2) is 26.6 Å². The van der Waals surface area contributed by atoms with Gasteiger partial charge in [-0.25, -0.2) is 0 Å². The SMILES string of the molecule is CN=Cc1cccc(-c2ccccc2C=Nc2ccc(C)cc2OC)c1. The van der Waals surface area contributed by atoms with Gasteiger partial charge in [0.25, 0.3) is 0 Å². The van der Waals surface area contributed by atoms with E-state index in [9.17, 15) is 0 Å². The minimum Gasteiger partial charge on any atom is -0.494 e. The number of hydrogen-bond donors (Lipinski definition) is 0. The van der Waals surface area contributed by atoms with Gasteiger partial charge in [0.2, 0.25) is 0 Å². The summed E-state index contributed by atoms with van der Waals surface area (Å²) in [5, 5.41) is 0. The van der Waals surface area contributed by atoms with Crippen molar-refractivity contribution < 1.29 is 4.74 Å². The van der Waals surface area contributed by atoms with Crippen molar-refractivity contribution >= 4 is 18.1 Å². The topological polar surface area (TPSA) is 34.0 Å².